The first-order chi connectivity index (χ1) is 5.26. The predicted molar refractivity (Wildman–Crippen MR) is 48.2 cm³/mol. The standard InChI is InChI=1S/C8H10BrNO/c1-6-3-7(5-9)10-8(4-6)11-2/h3-4H,5H2,1-2H3. The normalized spacial score (nSPS) is 9.73. The molecule has 3 heteroatoms. The van der Waals surface area contributed by atoms with Crippen LogP contribution < -0.4 is 4.74 Å². The summed E-state index contributed by atoms with van der Waals surface area (Å²) < 4.78 is 5.01. The van der Waals surface area contributed by atoms with Gasteiger partial charge in [-0.05, 0) is 18.6 Å². The number of aryl methyl sites for hydroxylation is 1. The summed E-state index contributed by atoms with van der Waals surface area (Å²) in [5, 5.41) is 0.769. The second kappa shape index (κ2) is 3.72. The minimum atomic E-state index is 0.680. The Bertz CT molecular complexity index is 228. The van der Waals surface area contributed by atoms with Gasteiger partial charge >= 0.3 is 0 Å². The van der Waals surface area contributed by atoms with Gasteiger partial charge in [-0.25, -0.2) is 4.98 Å². The molecule has 0 saturated heterocycles. The van der Waals surface area contributed by atoms with E-state index in [4.69, 9.17) is 4.74 Å². The number of rotatable bonds is 2. The maximum absolute atomic E-state index is 5.01. The molecule has 11 heavy (non-hydrogen) atoms. The molecule has 2 nitrogen and oxygen atoms in total. The number of halogens is 1. The van der Waals surface area contributed by atoms with Crippen molar-refractivity contribution in [1.29, 1.82) is 0 Å². The summed E-state index contributed by atoms with van der Waals surface area (Å²) in [6, 6.07) is 3.93. The first-order valence-electron chi connectivity index (χ1n) is 3.34. The Morgan fingerprint density at radius 3 is 2.82 bits per heavy atom. The average Bonchev–Trinajstić information content (AvgIpc) is 2.03. The van der Waals surface area contributed by atoms with E-state index in [9.17, 15) is 0 Å². The lowest BCUT2D eigenvalue weighted by molar-refractivity contribution is 0.396. The summed E-state index contributed by atoms with van der Waals surface area (Å²) in [6.07, 6.45) is 0. The minimum absolute atomic E-state index is 0.680. The number of ether oxygens (including phenoxy) is 1. The van der Waals surface area contributed by atoms with Crippen molar-refractivity contribution in [2.45, 2.75) is 12.3 Å². The molecule has 0 aliphatic heterocycles. The molecule has 0 N–H and O–H groups in total. The zero-order chi connectivity index (χ0) is 8.27. The molecule has 0 amide bonds. The first-order valence-corrected chi connectivity index (χ1v) is 4.46. The number of aromatic nitrogens is 1. The van der Waals surface area contributed by atoms with Crippen LogP contribution in [-0.4, -0.2) is 12.1 Å². The largest absolute Gasteiger partial charge is 0.481 e. The fourth-order valence-corrected chi connectivity index (χ4v) is 1.17. The van der Waals surface area contributed by atoms with Crippen LogP contribution in [0.25, 0.3) is 0 Å². The highest BCUT2D eigenvalue weighted by Crippen LogP contribution is 2.12. The Kier molecular flexibility index (Phi) is 2.88. The second-order valence-corrected chi connectivity index (χ2v) is 2.87. The molecular weight excluding hydrogens is 206 g/mol. The van der Waals surface area contributed by atoms with E-state index in [1.807, 2.05) is 19.1 Å². The van der Waals surface area contributed by atoms with Gasteiger partial charge in [0.05, 0.1) is 12.8 Å². The summed E-state index contributed by atoms with van der Waals surface area (Å²) in [5.74, 6) is 0.680. The maximum atomic E-state index is 5.01. The zero-order valence-electron chi connectivity index (χ0n) is 6.60. The van der Waals surface area contributed by atoms with Crippen LogP contribution in [0.1, 0.15) is 11.3 Å². The number of alkyl halides is 1. The van der Waals surface area contributed by atoms with Crippen LogP contribution in [0.3, 0.4) is 0 Å². The molecule has 0 spiro atoms. The van der Waals surface area contributed by atoms with E-state index in [0.717, 1.165) is 11.0 Å². The van der Waals surface area contributed by atoms with Crippen LogP contribution in [0.15, 0.2) is 12.1 Å². The second-order valence-electron chi connectivity index (χ2n) is 2.31. The third-order valence-corrected chi connectivity index (χ3v) is 1.92. The number of pyridine rings is 1. The highest BCUT2D eigenvalue weighted by atomic mass is 79.9. The summed E-state index contributed by atoms with van der Waals surface area (Å²) in [6.45, 7) is 2.02. The monoisotopic (exact) mass is 215 g/mol. The molecule has 0 bridgehead atoms. The van der Waals surface area contributed by atoms with Gasteiger partial charge in [-0.1, -0.05) is 15.9 Å². The van der Waals surface area contributed by atoms with E-state index in [0.29, 0.717) is 5.88 Å². The van der Waals surface area contributed by atoms with Gasteiger partial charge < -0.3 is 4.74 Å². The van der Waals surface area contributed by atoms with Crippen molar-refractivity contribution >= 4 is 15.9 Å². The van der Waals surface area contributed by atoms with Crippen molar-refractivity contribution in [3.63, 3.8) is 0 Å². The fourth-order valence-electron chi connectivity index (χ4n) is 0.878. The highest BCUT2D eigenvalue weighted by Gasteiger charge is 1.97. The van der Waals surface area contributed by atoms with Crippen LogP contribution >= 0.6 is 15.9 Å². The molecule has 0 radical (unpaired) electrons. The first kappa shape index (κ1) is 8.53. The Morgan fingerprint density at radius 1 is 1.55 bits per heavy atom. The lowest BCUT2D eigenvalue weighted by atomic mass is 10.2. The smallest absolute Gasteiger partial charge is 0.213 e. The molecule has 1 rings (SSSR count). The summed E-state index contributed by atoms with van der Waals surface area (Å²) in [7, 11) is 1.62. The Labute approximate surface area is 74.7 Å². The third kappa shape index (κ3) is 2.19. The zero-order valence-corrected chi connectivity index (χ0v) is 8.18. The van der Waals surface area contributed by atoms with E-state index in [2.05, 4.69) is 20.9 Å². The van der Waals surface area contributed by atoms with Crippen molar-refractivity contribution < 1.29 is 4.74 Å². The summed E-state index contributed by atoms with van der Waals surface area (Å²) in [5.41, 5.74) is 2.17. The molecule has 0 aliphatic carbocycles. The molecule has 1 heterocycles. The molecule has 60 valence electrons. The van der Waals surface area contributed by atoms with Crippen molar-refractivity contribution in [3.8, 4) is 5.88 Å². The van der Waals surface area contributed by atoms with E-state index in [1.54, 1.807) is 7.11 Å². The Morgan fingerprint density at radius 2 is 2.27 bits per heavy atom. The number of hydrogen-bond acceptors (Lipinski definition) is 2. The van der Waals surface area contributed by atoms with Gasteiger partial charge in [0.25, 0.3) is 0 Å². The molecule has 0 aliphatic rings. The molecule has 1 aromatic rings. The van der Waals surface area contributed by atoms with Gasteiger partial charge in [-0.15, -0.1) is 0 Å². The lowest BCUT2D eigenvalue weighted by Crippen LogP contribution is -1.92. The van der Waals surface area contributed by atoms with Gasteiger partial charge in [0, 0.05) is 11.4 Å². The lowest BCUT2D eigenvalue weighted by Gasteiger charge is -2.02. The van der Waals surface area contributed by atoms with E-state index >= 15 is 0 Å². The van der Waals surface area contributed by atoms with Crippen LogP contribution in [0.5, 0.6) is 5.88 Å². The van der Waals surface area contributed by atoms with E-state index < -0.39 is 0 Å². The number of nitrogens with zero attached hydrogens (tertiary/aromatic N) is 1. The van der Waals surface area contributed by atoms with Gasteiger partial charge in [0.2, 0.25) is 5.88 Å². The van der Waals surface area contributed by atoms with Crippen LogP contribution in [0.4, 0.5) is 0 Å². The Balaban J connectivity index is 3.02. The van der Waals surface area contributed by atoms with Gasteiger partial charge in [0.15, 0.2) is 0 Å². The quantitative estimate of drug-likeness (QED) is 0.707. The predicted octanol–water partition coefficient (Wildman–Crippen LogP) is 2.29. The van der Waals surface area contributed by atoms with Crippen LogP contribution in [0.2, 0.25) is 0 Å². The fraction of sp³-hybridized carbons (Fsp3) is 0.375. The third-order valence-electron chi connectivity index (χ3n) is 1.35. The van der Waals surface area contributed by atoms with Gasteiger partial charge in [-0.3, -0.25) is 0 Å². The molecule has 0 saturated carbocycles. The van der Waals surface area contributed by atoms with Gasteiger partial charge in [-0.2, -0.15) is 0 Å². The highest BCUT2D eigenvalue weighted by molar-refractivity contribution is 9.08. The molecule has 0 unspecified atom stereocenters. The molecule has 0 atom stereocenters. The Hall–Kier alpha value is -0.570. The maximum Gasteiger partial charge on any atom is 0.213 e. The molecule has 0 fully saturated rings. The van der Waals surface area contributed by atoms with Crippen molar-refractivity contribution in [2.24, 2.45) is 0 Å². The molecular formula is C8H10BrNO. The minimum Gasteiger partial charge on any atom is -0.481 e. The van der Waals surface area contributed by atoms with Crippen LogP contribution in [0, 0.1) is 6.92 Å². The number of methoxy groups -OCH3 is 1. The number of hydrogen-bond donors (Lipinski definition) is 0. The van der Waals surface area contributed by atoms with Crippen molar-refractivity contribution in [1.82, 2.24) is 4.98 Å². The molecule has 1 aromatic heterocycles. The SMILES string of the molecule is COc1cc(C)cc(CBr)n1. The topological polar surface area (TPSA) is 22.1 Å². The van der Waals surface area contributed by atoms with E-state index in [1.165, 1.54) is 5.56 Å². The van der Waals surface area contributed by atoms with Crippen LogP contribution in [-0.2, 0) is 5.33 Å². The van der Waals surface area contributed by atoms with Crippen molar-refractivity contribution in [2.75, 3.05) is 7.11 Å². The van der Waals surface area contributed by atoms with E-state index in [-0.39, 0.29) is 0 Å². The average molecular weight is 216 g/mol. The van der Waals surface area contributed by atoms with Crippen molar-refractivity contribution in [3.05, 3.63) is 23.4 Å². The molecule has 0 aromatic carbocycles. The van der Waals surface area contributed by atoms with Gasteiger partial charge in [0.1, 0.15) is 0 Å². The summed E-state index contributed by atoms with van der Waals surface area (Å²) in [4.78, 5) is 4.20. The summed E-state index contributed by atoms with van der Waals surface area (Å²) >= 11 is 3.34.